The Bertz CT molecular complexity index is 1000. The highest BCUT2D eigenvalue weighted by atomic mass is 16.5. The molecule has 0 radical (unpaired) electrons. The molecule has 2 aliphatic rings. The average molecular weight is 378 g/mol. The number of rotatable bonds is 4. The largest absolute Gasteiger partial charge is 0.497 e. The summed E-state index contributed by atoms with van der Waals surface area (Å²) in [5.74, 6) is 2.29. The third-order valence-corrected chi connectivity index (χ3v) is 5.48. The fraction of sp³-hybridized carbons (Fsp3) is 0.400. The second-order valence-corrected chi connectivity index (χ2v) is 7.32. The van der Waals surface area contributed by atoms with Crippen LogP contribution in [0, 0.1) is 0 Å². The first kappa shape index (κ1) is 17.0. The summed E-state index contributed by atoms with van der Waals surface area (Å²) in [4.78, 5) is 16.9. The van der Waals surface area contributed by atoms with Crippen LogP contribution in [0.25, 0.3) is 5.65 Å². The van der Waals surface area contributed by atoms with E-state index in [9.17, 15) is 4.79 Å². The number of amides is 1. The maximum atomic E-state index is 12.7. The fourth-order valence-corrected chi connectivity index (χ4v) is 3.65. The number of ether oxygens (including phenoxy) is 1. The average Bonchev–Trinajstić information content (AvgIpc) is 3.52. The summed E-state index contributed by atoms with van der Waals surface area (Å²) >= 11 is 0. The van der Waals surface area contributed by atoms with Gasteiger partial charge in [0.1, 0.15) is 5.75 Å². The molecule has 0 atom stereocenters. The topological polar surface area (TPSA) is 75.9 Å². The first-order valence-electron chi connectivity index (χ1n) is 9.62. The van der Waals surface area contributed by atoms with E-state index in [1.807, 2.05) is 45.9 Å². The first-order valence-corrected chi connectivity index (χ1v) is 9.62. The van der Waals surface area contributed by atoms with Crippen LogP contribution in [0.4, 0.5) is 5.69 Å². The predicted octanol–water partition coefficient (Wildman–Crippen LogP) is 1.97. The molecule has 0 bridgehead atoms. The van der Waals surface area contributed by atoms with Gasteiger partial charge < -0.3 is 14.5 Å². The van der Waals surface area contributed by atoms with Gasteiger partial charge in [0.25, 0.3) is 5.91 Å². The summed E-state index contributed by atoms with van der Waals surface area (Å²) in [5.41, 5.74) is 2.50. The summed E-state index contributed by atoms with van der Waals surface area (Å²) < 4.78 is 7.01. The van der Waals surface area contributed by atoms with Gasteiger partial charge in [-0.3, -0.25) is 4.79 Å². The van der Waals surface area contributed by atoms with Crippen molar-refractivity contribution in [3.05, 3.63) is 47.9 Å². The minimum atomic E-state index is 0.0578. The number of nitrogens with zero attached hydrogens (tertiary/aromatic N) is 6. The molecule has 0 spiro atoms. The molecule has 2 aromatic heterocycles. The van der Waals surface area contributed by atoms with Gasteiger partial charge in [0.05, 0.1) is 19.0 Å². The number of methoxy groups -OCH3 is 1. The number of hydrogen-bond acceptors (Lipinski definition) is 6. The monoisotopic (exact) mass is 378 g/mol. The molecule has 1 aromatic carbocycles. The van der Waals surface area contributed by atoms with Gasteiger partial charge in [-0.2, -0.15) is 9.61 Å². The van der Waals surface area contributed by atoms with Crippen LogP contribution in [-0.4, -0.2) is 63.9 Å². The summed E-state index contributed by atoms with van der Waals surface area (Å²) in [6.45, 7) is 2.89. The van der Waals surface area contributed by atoms with Gasteiger partial charge >= 0.3 is 0 Å². The van der Waals surface area contributed by atoms with Crippen molar-refractivity contribution in [1.82, 2.24) is 24.7 Å². The van der Waals surface area contributed by atoms with E-state index in [1.165, 1.54) is 12.8 Å². The Morgan fingerprint density at radius 1 is 1.07 bits per heavy atom. The standard InChI is InChI=1S/C20H22N6O2/c1-28-17-6-4-15(5-7-17)20(27)25-10-8-24(9-11-25)16-12-18-22-23-19(14-2-3-14)26(18)21-13-16/h4-7,12-14H,2-3,8-11H2,1H3. The molecule has 1 saturated heterocycles. The minimum Gasteiger partial charge on any atom is -0.497 e. The van der Waals surface area contributed by atoms with E-state index in [2.05, 4.69) is 20.2 Å². The van der Waals surface area contributed by atoms with Gasteiger partial charge in [0, 0.05) is 43.7 Å². The van der Waals surface area contributed by atoms with Gasteiger partial charge in [0.2, 0.25) is 0 Å². The molecule has 0 N–H and O–H groups in total. The van der Waals surface area contributed by atoms with Crippen molar-refractivity contribution in [2.45, 2.75) is 18.8 Å². The summed E-state index contributed by atoms with van der Waals surface area (Å²) in [6.07, 6.45) is 4.23. The van der Waals surface area contributed by atoms with E-state index in [-0.39, 0.29) is 5.91 Å². The number of hydrogen-bond donors (Lipinski definition) is 0. The molecule has 2 fully saturated rings. The molecule has 1 saturated carbocycles. The quantitative estimate of drug-likeness (QED) is 0.691. The van der Waals surface area contributed by atoms with Gasteiger partial charge in [-0.15, -0.1) is 10.2 Å². The predicted molar refractivity (Wildman–Crippen MR) is 104 cm³/mol. The number of fused-ring (bicyclic) bond motifs is 1. The van der Waals surface area contributed by atoms with E-state index in [0.29, 0.717) is 24.6 Å². The number of anilines is 1. The van der Waals surface area contributed by atoms with Gasteiger partial charge in [-0.1, -0.05) is 0 Å². The molecule has 8 heteroatoms. The molecule has 0 unspecified atom stereocenters. The van der Waals surface area contributed by atoms with Crippen LogP contribution < -0.4 is 9.64 Å². The van der Waals surface area contributed by atoms with Crippen LogP contribution in [0.5, 0.6) is 5.75 Å². The van der Waals surface area contributed by atoms with Crippen LogP contribution in [0.1, 0.15) is 34.9 Å². The van der Waals surface area contributed by atoms with Crippen molar-refractivity contribution in [3.63, 3.8) is 0 Å². The number of benzene rings is 1. The van der Waals surface area contributed by atoms with Crippen LogP contribution in [0.15, 0.2) is 36.5 Å². The number of aromatic nitrogens is 4. The Kier molecular flexibility index (Phi) is 4.11. The van der Waals surface area contributed by atoms with Crippen molar-refractivity contribution < 1.29 is 9.53 Å². The summed E-state index contributed by atoms with van der Waals surface area (Å²) in [6, 6.07) is 9.30. The third-order valence-electron chi connectivity index (χ3n) is 5.48. The maximum absolute atomic E-state index is 12.7. The zero-order valence-corrected chi connectivity index (χ0v) is 15.8. The van der Waals surface area contributed by atoms with Crippen molar-refractivity contribution in [2.75, 3.05) is 38.2 Å². The van der Waals surface area contributed by atoms with Gasteiger partial charge in [-0.25, -0.2) is 0 Å². The first-order chi connectivity index (χ1) is 13.7. The maximum Gasteiger partial charge on any atom is 0.253 e. The molecular formula is C20H22N6O2. The van der Waals surface area contributed by atoms with Crippen LogP contribution in [-0.2, 0) is 0 Å². The SMILES string of the molecule is COc1ccc(C(=O)N2CCN(c3cnn4c(C5CC5)nnc4c3)CC2)cc1. The van der Waals surface area contributed by atoms with Crippen molar-refractivity contribution in [3.8, 4) is 5.75 Å². The third kappa shape index (κ3) is 3.04. The molecular weight excluding hydrogens is 356 g/mol. The highest BCUT2D eigenvalue weighted by Gasteiger charge is 2.29. The molecule has 1 aliphatic heterocycles. The van der Waals surface area contributed by atoms with E-state index < -0.39 is 0 Å². The second-order valence-electron chi connectivity index (χ2n) is 7.32. The highest BCUT2D eigenvalue weighted by molar-refractivity contribution is 5.94. The number of carbonyl (C=O) groups is 1. The van der Waals surface area contributed by atoms with Crippen molar-refractivity contribution >= 4 is 17.2 Å². The Morgan fingerprint density at radius 3 is 2.50 bits per heavy atom. The Hall–Kier alpha value is -3.16. The normalized spacial score (nSPS) is 17.2. The Balaban J connectivity index is 1.26. The molecule has 144 valence electrons. The van der Waals surface area contributed by atoms with Crippen molar-refractivity contribution in [2.24, 2.45) is 0 Å². The number of carbonyl (C=O) groups excluding carboxylic acids is 1. The van der Waals surface area contributed by atoms with Gasteiger partial charge in [0.15, 0.2) is 11.5 Å². The lowest BCUT2D eigenvalue weighted by molar-refractivity contribution is 0.0746. The van der Waals surface area contributed by atoms with E-state index in [4.69, 9.17) is 4.74 Å². The van der Waals surface area contributed by atoms with E-state index >= 15 is 0 Å². The molecule has 1 amide bonds. The Morgan fingerprint density at radius 2 is 1.82 bits per heavy atom. The van der Waals surface area contributed by atoms with Crippen LogP contribution >= 0.6 is 0 Å². The summed E-state index contributed by atoms with van der Waals surface area (Å²) in [7, 11) is 1.62. The molecule has 8 nitrogen and oxygen atoms in total. The minimum absolute atomic E-state index is 0.0578. The zero-order valence-electron chi connectivity index (χ0n) is 15.8. The lowest BCUT2D eigenvalue weighted by atomic mass is 10.1. The molecule has 3 aromatic rings. The molecule has 1 aliphatic carbocycles. The molecule has 28 heavy (non-hydrogen) atoms. The van der Waals surface area contributed by atoms with E-state index in [1.54, 1.807) is 7.11 Å². The molecule has 5 rings (SSSR count). The highest BCUT2D eigenvalue weighted by Crippen LogP contribution is 2.38. The Labute approximate surface area is 162 Å². The lowest BCUT2D eigenvalue weighted by Gasteiger charge is -2.36. The zero-order chi connectivity index (χ0) is 19.1. The summed E-state index contributed by atoms with van der Waals surface area (Å²) in [5, 5.41) is 13.1. The van der Waals surface area contributed by atoms with Gasteiger partial charge in [-0.05, 0) is 37.1 Å². The smallest absolute Gasteiger partial charge is 0.253 e. The fourth-order valence-electron chi connectivity index (χ4n) is 3.65. The lowest BCUT2D eigenvalue weighted by Crippen LogP contribution is -2.48. The van der Waals surface area contributed by atoms with Crippen LogP contribution in [0.3, 0.4) is 0 Å². The molecule has 3 heterocycles. The second kappa shape index (κ2) is 6.78. The van der Waals surface area contributed by atoms with Crippen LogP contribution in [0.2, 0.25) is 0 Å². The van der Waals surface area contributed by atoms with Crippen molar-refractivity contribution in [1.29, 1.82) is 0 Å². The van der Waals surface area contributed by atoms with E-state index in [0.717, 1.165) is 36.0 Å². The number of piperazine rings is 1.